The number of nitrogens with zero attached hydrogens (tertiary/aromatic N) is 1. The van der Waals surface area contributed by atoms with Gasteiger partial charge in [0.1, 0.15) is 0 Å². The fraction of sp³-hybridized carbons (Fsp3) is 0.176. The van der Waals surface area contributed by atoms with Gasteiger partial charge in [0.15, 0.2) is 11.6 Å². The van der Waals surface area contributed by atoms with Crippen molar-refractivity contribution in [2.75, 3.05) is 7.05 Å². The predicted molar refractivity (Wildman–Crippen MR) is 80.2 cm³/mol. The van der Waals surface area contributed by atoms with Crippen LogP contribution in [0.1, 0.15) is 11.1 Å². The van der Waals surface area contributed by atoms with E-state index in [1.54, 1.807) is 6.07 Å². The first-order chi connectivity index (χ1) is 10.2. The lowest BCUT2D eigenvalue weighted by molar-refractivity contribution is 0.506. The van der Waals surface area contributed by atoms with Crippen LogP contribution in [0.5, 0.6) is 0 Å². The van der Waals surface area contributed by atoms with Gasteiger partial charge in [0, 0.05) is 19.3 Å². The average molecular weight is 286 g/mol. The standard InChI is InChI=1S/C17H16F2N2/c1-20-10-14-4-2-3-13-7-8-21(17(13)14)11-12-5-6-15(18)16(19)9-12/h2-9,20H,10-11H2,1H3. The monoisotopic (exact) mass is 286 g/mol. The molecular weight excluding hydrogens is 270 g/mol. The van der Waals surface area contributed by atoms with Gasteiger partial charge in [0.25, 0.3) is 0 Å². The molecule has 1 aromatic heterocycles. The molecule has 0 spiro atoms. The molecule has 0 atom stereocenters. The summed E-state index contributed by atoms with van der Waals surface area (Å²) in [7, 11) is 1.90. The number of rotatable bonds is 4. The molecule has 0 aliphatic carbocycles. The Kier molecular flexibility index (Phi) is 3.71. The number of halogens is 2. The highest BCUT2D eigenvalue weighted by Crippen LogP contribution is 2.22. The van der Waals surface area contributed by atoms with Crippen LogP contribution in [0.25, 0.3) is 10.9 Å². The number of benzene rings is 2. The van der Waals surface area contributed by atoms with Crippen molar-refractivity contribution >= 4 is 10.9 Å². The fourth-order valence-corrected chi connectivity index (χ4v) is 2.64. The summed E-state index contributed by atoms with van der Waals surface area (Å²) in [6, 6.07) is 12.2. The molecule has 1 heterocycles. The number of fused-ring (bicyclic) bond motifs is 1. The second-order valence-corrected chi connectivity index (χ2v) is 5.08. The molecule has 3 aromatic rings. The molecule has 21 heavy (non-hydrogen) atoms. The summed E-state index contributed by atoms with van der Waals surface area (Å²) in [5.41, 5.74) is 3.05. The van der Waals surface area contributed by atoms with Crippen molar-refractivity contribution in [1.29, 1.82) is 0 Å². The van der Waals surface area contributed by atoms with Gasteiger partial charge in [-0.25, -0.2) is 8.78 Å². The van der Waals surface area contributed by atoms with Crippen molar-refractivity contribution in [2.45, 2.75) is 13.1 Å². The number of aromatic nitrogens is 1. The van der Waals surface area contributed by atoms with Crippen molar-refractivity contribution < 1.29 is 8.78 Å². The fourth-order valence-electron chi connectivity index (χ4n) is 2.64. The number of hydrogen-bond acceptors (Lipinski definition) is 1. The van der Waals surface area contributed by atoms with Gasteiger partial charge >= 0.3 is 0 Å². The summed E-state index contributed by atoms with van der Waals surface area (Å²) in [6.45, 7) is 1.28. The van der Waals surface area contributed by atoms with E-state index in [4.69, 9.17) is 0 Å². The van der Waals surface area contributed by atoms with E-state index < -0.39 is 11.6 Å². The molecule has 2 nitrogen and oxygen atoms in total. The largest absolute Gasteiger partial charge is 0.343 e. The summed E-state index contributed by atoms with van der Waals surface area (Å²) in [6.07, 6.45) is 1.98. The van der Waals surface area contributed by atoms with E-state index in [-0.39, 0.29) is 0 Å². The van der Waals surface area contributed by atoms with Gasteiger partial charge in [-0.2, -0.15) is 0 Å². The summed E-state index contributed by atoms with van der Waals surface area (Å²) < 4.78 is 28.4. The first-order valence-electron chi connectivity index (χ1n) is 6.84. The molecule has 0 bridgehead atoms. The van der Waals surface area contributed by atoms with Crippen LogP contribution in [0, 0.1) is 11.6 Å². The maximum Gasteiger partial charge on any atom is 0.159 e. The Morgan fingerprint density at radius 3 is 2.67 bits per heavy atom. The Labute approximate surface area is 122 Å². The maximum atomic E-state index is 13.3. The molecule has 4 heteroatoms. The van der Waals surface area contributed by atoms with Gasteiger partial charge in [0.05, 0.1) is 5.52 Å². The summed E-state index contributed by atoms with van der Waals surface area (Å²) in [5, 5.41) is 4.29. The van der Waals surface area contributed by atoms with Crippen LogP contribution >= 0.6 is 0 Å². The van der Waals surface area contributed by atoms with Gasteiger partial charge in [-0.3, -0.25) is 0 Å². The zero-order valence-corrected chi connectivity index (χ0v) is 11.7. The second-order valence-electron chi connectivity index (χ2n) is 5.08. The smallest absolute Gasteiger partial charge is 0.159 e. The van der Waals surface area contributed by atoms with Gasteiger partial charge in [-0.05, 0) is 41.8 Å². The molecule has 1 N–H and O–H groups in total. The third kappa shape index (κ3) is 2.67. The Bertz CT molecular complexity index is 778. The maximum absolute atomic E-state index is 13.3. The van der Waals surface area contributed by atoms with E-state index in [2.05, 4.69) is 22.0 Å². The molecule has 0 aliphatic rings. The molecule has 0 saturated heterocycles. The van der Waals surface area contributed by atoms with Crippen LogP contribution in [0.3, 0.4) is 0 Å². The first kappa shape index (κ1) is 13.8. The van der Waals surface area contributed by atoms with Crippen molar-refractivity contribution in [1.82, 2.24) is 9.88 Å². The highest BCUT2D eigenvalue weighted by Gasteiger charge is 2.08. The van der Waals surface area contributed by atoms with Gasteiger partial charge < -0.3 is 9.88 Å². The highest BCUT2D eigenvalue weighted by atomic mass is 19.2. The summed E-state index contributed by atoms with van der Waals surface area (Å²) in [4.78, 5) is 0. The van der Waals surface area contributed by atoms with Crippen molar-refractivity contribution in [2.24, 2.45) is 0 Å². The topological polar surface area (TPSA) is 17.0 Å². The second kappa shape index (κ2) is 5.66. The molecule has 0 fully saturated rings. The van der Waals surface area contributed by atoms with Crippen LogP contribution in [-0.2, 0) is 13.1 Å². The molecule has 0 radical (unpaired) electrons. The van der Waals surface area contributed by atoms with Crippen molar-refractivity contribution in [3.05, 3.63) is 71.4 Å². The molecule has 0 unspecified atom stereocenters. The molecule has 0 saturated carbocycles. The molecule has 0 amide bonds. The van der Waals surface area contributed by atoms with E-state index in [0.717, 1.165) is 23.0 Å². The van der Waals surface area contributed by atoms with Gasteiger partial charge in [0.2, 0.25) is 0 Å². The van der Waals surface area contributed by atoms with Gasteiger partial charge in [-0.15, -0.1) is 0 Å². The van der Waals surface area contributed by atoms with E-state index in [1.807, 2.05) is 25.4 Å². The molecule has 2 aromatic carbocycles. The van der Waals surface area contributed by atoms with E-state index in [0.29, 0.717) is 6.54 Å². The molecule has 0 aliphatic heterocycles. The SMILES string of the molecule is CNCc1cccc2ccn(Cc3ccc(F)c(F)c3)c12. The number of hydrogen-bond donors (Lipinski definition) is 1. The minimum absolute atomic E-state index is 0.515. The lowest BCUT2D eigenvalue weighted by Gasteiger charge is -2.10. The van der Waals surface area contributed by atoms with Crippen molar-refractivity contribution in [3.63, 3.8) is 0 Å². The summed E-state index contributed by atoms with van der Waals surface area (Å²) in [5.74, 6) is -1.62. The average Bonchev–Trinajstić information content (AvgIpc) is 2.88. The van der Waals surface area contributed by atoms with Crippen LogP contribution < -0.4 is 5.32 Å². The van der Waals surface area contributed by atoms with Crippen molar-refractivity contribution in [3.8, 4) is 0 Å². The Balaban J connectivity index is 2.02. The number of para-hydroxylation sites is 1. The highest BCUT2D eigenvalue weighted by molar-refractivity contribution is 5.83. The van der Waals surface area contributed by atoms with E-state index in [1.165, 1.54) is 17.7 Å². The number of nitrogens with one attached hydrogen (secondary N) is 1. The zero-order chi connectivity index (χ0) is 14.8. The third-order valence-electron chi connectivity index (χ3n) is 3.58. The van der Waals surface area contributed by atoms with E-state index >= 15 is 0 Å². The minimum atomic E-state index is -0.813. The lowest BCUT2D eigenvalue weighted by Crippen LogP contribution is -2.08. The molecule has 3 rings (SSSR count). The summed E-state index contributed by atoms with van der Waals surface area (Å²) >= 11 is 0. The molecular formula is C17H16F2N2. The quantitative estimate of drug-likeness (QED) is 0.774. The Morgan fingerprint density at radius 1 is 1.05 bits per heavy atom. The van der Waals surface area contributed by atoms with E-state index in [9.17, 15) is 8.78 Å². The predicted octanol–water partition coefficient (Wildman–Crippen LogP) is 3.69. The zero-order valence-electron chi connectivity index (χ0n) is 11.7. The third-order valence-corrected chi connectivity index (χ3v) is 3.58. The molecule has 108 valence electrons. The first-order valence-corrected chi connectivity index (χ1v) is 6.84. The Hall–Kier alpha value is -2.20. The normalized spacial score (nSPS) is 11.2. The minimum Gasteiger partial charge on any atom is -0.343 e. The lowest BCUT2D eigenvalue weighted by atomic mass is 10.1. The Morgan fingerprint density at radius 2 is 1.90 bits per heavy atom. The van der Waals surface area contributed by atoms with Crippen LogP contribution in [0.4, 0.5) is 8.78 Å². The van der Waals surface area contributed by atoms with Crippen LogP contribution in [0.2, 0.25) is 0 Å². The van der Waals surface area contributed by atoms with Crippen LogP contribution in [-0.4, -0.2) is 11.6 Å². The van der Waals surface area contributed by atoms with Crippen LogP contribution in [0.15, 0.2) is 48.7 Å². The van der Waals surface area contributed by atoms with Gasteiger partial charge in [-0.1, -0.05) is 24.3 Å².